The molecule has 0 saturated carbocycles. The zero-order valence-electron chi connectivity index (χ0n) is 12.7. The van der Waals surface area contributed by atoms with Crippen molar-refractivity contribution in [3.05, 3.63) is 29.1 Å². The van der Waals surface area contributed by atoms with E-state index in [1.807, 2.05) is 11.7 Å². The summed E-state index contributed by atoms with van der Waals surface area (Å²) in [5.74, 6) is 0.829. The smallest absolute Gasteiger partial charge is 0.0596 e. The van der Waals surface area contributed by atoms with Crippen LogP contribution in [0.3, 0.4) is 0 Å². The number of rotatable bonds is 7. The van der Waals surface area contributed by atoms with E-state index in [9.17, 15) is 0 Å². The number of nitrogens with zero attached hydrogens (tertiary/aromatic N) is 2. The normalized spacial score (nSPS) is 12.5. The fraction of sp³-hybridized carbons (Fsp3) is 0.688. The zero-order chi connectivity index (χ0) is 13.5. The van der Waals surface area contributed by atoms with Crippen molar-refractivity contribution in [2.45, 2.75) is 59.8 Å². The number of hydrogen-bond donors (Lipinski definition) is 0. The van der Waals surface area contributed by atoms with Crippen molar-refractivity contribution in [1.29, 1.82) is 0 Å². The van der Waals surface area contributed by atoms with E-state index in [2.05, 4.69) is 44.9 Å². The minimum Gasteiger partial charge on any atom is -0.272 e. The average molecular weight is 248 g/mol. The fourth-order valence-corrected chi connectivity index (χ4v) is 2.33. The molecule has 0 radical (unpaired) electrons. The van der Waals surface area contributed by atoms with Crippen molar-refractivity contribution in [2.75, 3.05) is 0 Å². The van der Waals surface area contributed by atoms with Crippen LogP contribution in [-0.4, -0.2) is 9.78 Å². The molecule has 0 amide bonds. The third-order valence-electron chi connectivity index (χ3n) is 3.44. The molecule has 0 aromatic carbocycles. The quantitative estimate of drug-likeness (QED) is 0.653. The summed E-state index contributed by atoms with van der Waals surface area (Å²) in [7, 11) is 2.04. The number of allylic oxidation sites excluding steroid dienone is 2. The molecular weight excluding hydrogens is 220 g/mol. The highest BCUT2D eigenvalue weighted by molar-refractivity contribution is 5.08. The first-order valence-electron chi connectivity index (χ1n) is 7.12. The second-order valence-corrected chi connectivity index (χ2v) is 5.76. The van der Waals surface area contributed by atoms with Crippen LogP contribution < -0.4 is 0 Å². The second kappa shape index (κ2) is 7.40. The summed E-state index contributed by atoms with van der Waals surface area (Å²) >= 11 is 0. The van der Waals surface area contributed by atoms with E-state index in [1.54, 1.807) is 0 Å². The molecule has 0 aliphatic carbocycles. The van der Waals surface area contributed by atoms with Crippen molar-refractivity contribution in [3.8, 4) is 0 Å². The summed E-state index contributed by atoms with van der Waals surface area (Å²) in [4.78, 5) is 0. The molecule has 0 N–H and O–H groups in total. The van der Waals surface area contributed by atoms with Crippen molar-refractivity contribution >= 4 is 0 Å². The predicted octanol–water partition coefficient (Wildman–Crippen LogP) is 4.43. The van der Waals surface area contributed by atoms with E-state index in [0.29, 0.717) is 0 Å². The third-order valence-corrected chi connectivity index (χ3v) is 3.44. The Morgan fingerprint density at radius 1 is 1.39 bits per heavy atom. The first kappa shape index (κ1) is 15.0. The van der Waals surface area contributed by atoms with Gasteiger partial charge in [0.2, 0.25) is 0 Å². The molecule has 0 bridgehead atoms. The Bertz CT molecular complexity index is 384. The summed E-state index contributed by atoms with van der Waals surface area (Å²) in [6.45, 7) is 8.78. The molecule has 0 saturated heterocycles. The molecule has 0 aliphatic rings. The molecule has 2 heteroatoms. The Labute approximate surface area is 112 Å². The summed E-state index contributed by atoms with van der Waals surface area (Å²) < 4.78 is 2.02. The number of aryl methyl sites for hydroxylation is 3. The number of aromatic nitrogens is 2. The molecule has 1 aromatic rings. The molecule has 18 heavy (non-hydrogen) atoms. The van der Waals surface area contributed by atoms with Gasteiger partial charge in [-0.15, -0.1) is 0 Å². The van der Waals surface area contributed by atoms with Crippen LogP contribution in [0.4, 0.5) is 0 Å². The highest BCUT2D eigenvalue weighted by Crippen LogP contribution is 2.16. The third kappa shape index (κ3) is 5.52. The molecular formula is C16H28N2. The Balaban J connectivity index is 2.21. The minimum absolute atomic E-state index is 0.829. The first-order valence-corrected chi connectivity index (χ1v) is 7.12. The monoisotopic (exact) mass is 248 g/mol. The van der Waals surface area contributed by atoms with E-state index in [1.165, 1.54) is 37.0 Å². The van der Waals surface area contributed by atoms with E-state index < -0.39 is 0 Å². The topological polar surface area (TPSA) is 17.8 Å². The second-order valence-electron chi connectivity index (χ2n) is 5.76. The van der Waals surface area contributed by atoms with Gasteiger partial charge in [0.05, 0.1) is 5.69 Å². The van der Waals surface area contributed by atoms with Gasteiger partial charge in [-0.05, 0) is 58.4 Å². The Kier molecular flexibility index (Phi) is 6.17. The predicted molar refractivity (Wildman–Crippen MR) is 78.7 cm³/mol. The van der Waals surface area contributed by atoms with Gasteiger partial charge in [0, 0.05) is 12.7 Å². The zero-order valence-corrected chi connectivity index (χ0v) is 12.7. The van der Waals surface area contributed by atoms with Crippen LogP contribution in [0.1, 0.15) is 57.8 Å². The van der Waals surface area contributed by atoms with Crippen molar-refractivity contribution in [1.82, 2.24) is 9.78 Å². The summed E-state index contributed by atoms with van der Waals surface area (Å²) in [6, 6.07) is 2.20. The standard InChI is InChI=1S/C16H28N2/c1-13(2)8-6-9-14(3)10-7-11-16-12-15(4)17-18(16)5/h8,12,14H,6-7,9-11H2,1-5H3. The Morgan fingerprint density at radius 3 is 2.67 bits per heavy atom. The summed E-state index contributed by atoms with van der Waals surface area (Å²) in [5, 5.41) is 4.39. The van der Waals surface area contributed by atoms with Gasteiger partial charge >= 0.3 is 0 Å². The van der Waals surface area contributed by atoms with Crippen LogP contribution in [0.25, 0.3) is 0 Å². The van der Waals surface area contributed by atoms with Gasteiger partial charge < -0.3 is 0 Å². The highest BCUT2D eigenvalue weighted by Gasteiger charge is 2.04. The van der Waals surface area contributed by atoms with E-state index in [4.69, 9.17) is 0 Å². The van der Waals surface area contributed by atoms with Gasteiger partial charge in [0.25, 0.3) is 0 Å². The van der Waals surface area contributed by atoms with Crippen molar-refractivity contribution < 1.29 is 0 Å². The van der Waals surface area contributed by atoms with Crippen LogP contribution in [0.15, 0.2) is 17.7 Å². The molecule has 0 fully saturated rings. The molecule has 2 nitrogen and oxygen atoms in total. The maximum absolute atomic E-state index is 4.39. The molecule has 1 rings (SSSR count). The lowest BCUT2D eigenvalue weighted by atomic mass is 9.97. The lowest BCUT2D eigenvalue weighted by Gasteiger charge is -2.09. The van der Waals surface area contributed by atoms with Gasteiger partial charge in [-0.1, -0.05) is 25.0 Å². The molecule has 0 spiro atoms. The summed E-state index contributed by atoms with van der Waals surface area (Å²) in [5.41, 5.74) is 3.93. The SMILES string of the molecule is CC(C)=CCCC(C)CCCc1cc(C)nn1C. The van der Waals surface area contributed by atoms with Crippen LogP contribution in [0, 0.1) is 12.8 Å². The van der Waals surface area contributed by atoms with Crippen LogP contribution in [0.2, 0.25) is 0 Å². The van der Waals surface area contributed by atoms with Gasteiger partial charge in [0.1, 0.15) is 0 Å². The van der Waals surface area contributed by atoms with Crippen molar-refractivity contribution in [2.24, 2.45) is 13.0 Å². The molecule has 1 heterocycles. The largest absolute Gasteiger partial charge is 0.272 e. The fourth-order valence-electron chi connectivity index (χ4n) is 2.33. The Hall–Kier alpha value is -1.05. The van der Waals surface area contributed by atoms with Crippen LogP contribution in [0.5, 0.6) is 0 Å². The van der Waals surface area contributed by atoms with Gasteiger partial charge in [-0.3, -0.25) is 4.68 Å². The lowest BCUT2D eigenvalue weighted by molar-refractivity contribution is 0.474. The van der Waals surface area contributed by atoms with Crippen molar-refractivity contribution in [3.63, 3.8) is 0 Å². The maximum Gasteiger partial charge on any atom is 0.0596 e. The van der Waals surface area contributed by atoms with Gasteiger partial charge in [0.15, 0.2) is 0 Å². The van der Waals surface area contributed by atoms with Crippen LogP contribution >= 0.6 is 0 Å². The maximum atomic E-state index is 4.39. The first-order chi connectivity index (χ1) is 8.49. The van der Waals surface area contributed by atoms with E-state index in [-0.39, 0.29) is 0 Å². The van der Waals surface area contributed by atoms with Gasteiger partial charge in [-0.2, -0.15) is 5.10 Å². The Morgan fingerprint density at radius 2 is 2.11 bits per heavy atom. The lowest BCUT2D eigenvalue weighted by Crippen LogP contribution is -2.00. The molecule has 1 atom stereocenters. The average Bonchev–Trinajstić information content (AvgIpc) is 2.57. The highest BCUT2D eigenvalue weighted by atomic mass is 15.3. The molecule has 1 aromatic heterocycles. The molecule has 1 unspecified atom stereocenters. The van der Waals surface area contributed by atoms with E-state index >= 15 is 0 Å². The number of hydrogen-bond acceptors (Lipinski definition) is 1. The molecule has 0 aliphatic heterocycles. The van der Waals surface area contributed by atoms with E-state index in [0.717, 1.165) is 18.0 Å². The minimum atomic E-state index is 0.829. The summed E-state index contributed by atoms with van der Waals surface area (Å²) in [6.07, 6.45) is 8.64. The van der Waals surface area contributed by atoms with Gasteiger partial charge in [-0.25, -0.2) is 0 Å². The van der Waals surface area contributed by atoms with Crippen LogP contribution in [-0.2, 0) is 13.5 Å². The molecule has 102 valence electrons.